The van der Waals surface area contributed by atoms with E-state index in [1.807, 2.05) is 0 Å². The van der Waals surface area contributed by atoms with E-state index >= 15 is 0 Å². The van der Waals surface area contributed by atoms with Crippen molar-refractivity contribution in [1.29, 1.82) is 0 Å². The normalized spacial score (nSPS) is 0. The second-order valence-corrected chi connectivity index (χ2v) is 0. The molecule has 4 heteroatoms. The van der Waals surface area contributed by atoms with Crippen molar-refractivity contribution in [3.63, 3.8) is 0 Å². The van der Waals surface area contributed by atoms with Gasteiger partial charge in [0.25, 0.3) is 0 Å². The summed E-state index contributed by atoms with van der Waals surface area (Å²) in [6, 6.07) is 0. The third-order valence-electron chi connectivity index (χ3n) is 0. The molecule has 0 aliphatic carbocycles. The maximum atomic E-state index is 0. The van der Waals surface area contributed by atoms with E-state index in [0.717, 1.165) is 0 Å². The Morgan fingerprint density at radius 1 is 0.500 bits per heavy atom. The van der Waals surface area contributed by atoms with Gasteiger partial charge < -0.3 is 16.4 Å². The first-order valence-corrected chi connectivity index (χ1v) is 0. The summed E-state index contributed by atoms with van der Waals surface area (Å²) in [6.45, 7) is 0. The van der Waals surface area contributed by atoms with Crippen LogP contribution < -0.4 is 0 Å². The van der Waals surface area contributed by atoms with Gasteiger partial charge in [0.2, 0.25) is 0 Å². The molecule has 0 aromatic rings. The Morgan fingerprint density at radius 3 is 0.500 bits per heavy atom. The van der Waals surface area contributed by atoms with E-state index in [9.17, 15) is 0 Å². The zero-order chi connectivity index (χ0) is 0. The Hall–Kier alpha value is 0.984. The Balaban J connectivity index is 0. The second-order valence-electron chi connectivity index (χ2n) is 0. The van der Waals surface area contributed by atoms with Crippen molar-refractivity contribution in [1.82, 2.24) is 0 Å². The van der Waals surface area contributed by atoms with Crippen molar-refractivity contribution in [2.45, 2.75) is 0 Å². The van der Waals surface area contributed by atoms with E-state index in [0.29, 0.717) is 0 Å². The molecule has 0 aromatic heterocycles. The molecule has 4 heavy (non-hydrogen) atoms. The first-order chi connectivity index (χ1) is 0. The minimum atomic E-state index is 0. The molecule has 0 rings (SSSR count). The molecule has 3 nitrogen and oxygen atoms in total. The van der Waals surface area contributed by atoms with Crippen molar-refractivity contribution >= 4 is 0 Å². The minimum absolute atomic E-state index is 0. The topological polar surface area (TPSA) is 94.5 Å². The number of hydrogen-bond donors (Lipinski definition) is 0. The SMILES string of the molecule is O.O.O.[Y+3]. The van der Waals surface area contributed by atoms with Crippen molar-refractivity contribution in [3.05, 3.63) is 0 Å². The molecule has 0 fully saturated rings. The van der Waals surface area contributed by atoms with Crippen LogP contribution in [0.5, 0.6) is 0 Å². The molecule has 0 saturated heterocycles. The maximum Gasteiger partial charge on any atom is 3.00 e. The molecule has 6 N–H and O–H groups in total. The Morgan fingerprint density at radius 2 is 0.500 bits per heavy atom. The Kier molecular flexibility index (Phi) is 749. The minimum Gasteiger partial charge on any atom is -0.412 e. The summed E-state index contributed by atoms with van der Waals surface area (Å²) in [6.07, 6.45) is 0. The number of hydrogen-bond acceptors (Lipinski definition) is 0. The van der Waals surface area contributed by atoms with E-state index < -0.39 is 0 Å². The summed E-state index contributed by atoms with van der Waals surface area (Å²) in [7, 11) is 0. The molecule has 0 heterocycles. The summed E-state index contributed by atoms with van der Waals surface area (Å²) in [5, 5.41) is 0. The third-order valence-corrected chi connectivity index (χ3v) is 0. The molecule has 0 aliphatic heterocycles. The fourth-order valence-corrected chi connectivity index (χ4v) is 0. The van der Waals surface area contributed by atoms with E-state index in [-0.39, 0.29) is 49.1 Å². The predicted octanol–water partition coefficient (Wildman–Crippen LogP) is -2.48. The van der Waals surface area contributed by atoms with Crippen LogP contribution in [0.25, 0.3) is 0 Å². The van der Waals surface area contributed by atoms with E-state index in [2.05, 4.69) is 0 Å². The van der Waals surface area contributed by atoms with E-state index in [1.165, 1.54) is 0 Å². The summed E-state index contributed by atoms with van der Waals surface area (Å²) < 4.78 is 0. The van der Waals surface area contributed by atoms with Gasteiger partial charge in [-0.1, -0.05) is 0 Å². The van der Waals surface area contributed by atoms with Gasteiger partial charge in [-0.3, -0.25) is 0 Å². The van der Waals surface area contributed by atoms with Crippen molar-refractivity contribution in [2.24, 2.45) is 0 Å². The fourth-order valence-electron chi connectivity index (χ4n) is 0. The van der Waals surface area contributed by atoms with Gasteiger partial charge in [0, 0.05) is 0 Å². The van der Waals surface area contributed by atoms with Gasteiger partial charge in [0.15, 0.2) is 0 Å². The molecule has 0 atom stereocenters. The predicted molar refractivity (Wildman–Crippen MR) is 10.8 cm³/mol. The van der Waals surface area contributed by atoms with Crippen molar-refractivity contribution in [3.8, 4) is 0 Å². The van der Waals surface area contributed by atoms with Crippen LogP contribution in [-0.2, 0) is 32.7 Å². The average Bonchev–Trinajstić information content (AvgIpc) is 0. The van der Waals surface area contributed by atoms with Crippen LogP contribution in [0.4, 0.5) is 0 Å². The molecular formula is H6O3Y+3. The molecule has 0 radical (unpaired) electrons. The van der Waals surface area contributed by atoms with Gasteiger partial charge in [0.1, 0.15) is 0 Å². The van der Waals surface area contributed by atoms with Gasteiger partial charge >= 0.3 is 32.7 Å². The van der Waals surface area contributed by atoms with Crippen molar-refractivity contribution in [2.75, 3.05) is 0 Å². The molecule has 0 aromatic carbocycles. The van der Waals surface area contributed by atoms with Crippen LogP contribution in [-0.4, -0.2) is 16.4 Å². The van der Waals surface area contributed by atoms with E-state index in [1.54, 1.807) is 0 Å². The van der Waals surface area contributed by atoms with E-state index in [4.69, 9.17) is 0 Å². The third kappa shape index (κ3) is 12.1. The molecule has 0 unspecified atom stereocenters. The quantitative estimate of drug-likeness (QED) is 0.359. The van der Waals surface area contributed by atoms with Crippen LogP contribution in [0.3, 0.4) is 0 Å². The molecule has 24 valence electrons. The van der Waals surface area contributed by atoms with Crippen LogP contribution in [0.2, 0.25) is 0 Å². The van der Waals surface area contributed by atoms with Gasteiger partial charge in [-0.05, 0) is 0 Å². The largest absolute Gasteiger partial charge is 3.00 e. The summed E-state index contributed by atoms with van der Waals surface area (Å²) in [4.78, 5) is 0. The molecule has 0 bridgehead atoms. The standard InChI is InChI=1S/3H2O.Y/h3*1H2;/q;;;+3. The van der Waals surface area contributed by atoms with Crippen molar-refractivity contribution < 1.29 is 49.1 Å². The molecule has 0 aliphatic rings. The second kappa shape index (κ2) is 36.6. The van der Waals surface area contributed by atoms with Crippen LogP contribution in [0, 0.1) is 0 Å². The zero-order valence-corrected chi connectivity index (χ0v) is 4.92. The first-order valence-electron chi connectivity index (χ1n) is 0. The summed E-state index contributed by atoms with van der Waals surface area (Å²) in [5.41, 5.74) is 0. The molecule has 0 saturated carbocycles. The van der Waals surface area contributed by atoms with Gasteiger partial charge in [-0.2, -0.15) is 0 Å². The summed E-state index contributed by atoms with van der Waals surface area (Å²) >= 11 is 0. The first kappa shape index (κ1) is 81.7. The van der Waals surface area contributed by atoms with Gasteiger partial charge in [-0.15, -0.1) is 0 Å². The fraction of sp³-hybridized carbons (Fsp3) is 0. The molecule has 0 spiro atoms. The maximum absolute atomic E-state index is 0. The Bertz CT molecular complexity index is 3.25. The van der Waals surface area contributed by atoms with Gasteiger partial charge in [0.05, 0.1) is 0 Å². The number of rotatable bonds is 0. The average molecular weight is 143 g/mol. The monoisotopic (exact) mass is 143 g/mol. The van der Waals surface area contributed by atoms with Crippen LogP contribution >= 0.6 is 0 Å². The smallest absolute Gasteiger partial charge is 0.412 e. The van der Waals surface area contributed by atoms with Gasteiger partial charge in [-0.25, -0.2) is 0 Å². The zero-order valence-electron chi connectivity index (χ0n) is 2.08. The molecule has 0 amide bonds. The summed E-state index contributed by atoms with van der Waals surface area (Å²) in [5.74, 6) is 0. The Labute approximate surface area is 49.2 Å². The van der Waals surface area contributed by atoms with Crippen LogP contribution in [0.1, 0.15) is 0 Å². The van der Waals surface area contributed by atoms with Crippen LogP contribution in [0.15, 0.2) is 0 Å². The molecular weight excluding hydrogens is 137 g/mol.